The monoisotopic (exact) mass is 265 g/mol. The lowest BCUT2D eigenvalue weighted by atomic mass is 10.1. The Bertz CT molecular complexity index is 345. The topological polar surface area (TPSA) is 20.3 Å². The Morgan fingerprint density at radius 2 is 2.06 bits per heavy atom. The second kappa shape index (κ2) is 8.92. The van der Waals surface area contributed by atoms with Gasteiger partial charge in [-0.3, -0.25) is 4.79 Å². The molecule has 0 saturated heterocycles. The highest BCUT2D eigenvalue weighted by Crippen LogP contribution is 2.19. The molecule has 0 N–H and O–H groups in total. The minimum Gasteiger partial charge on any atom is -0.308 e. The normalized spacial score (nSPS) is 10.3. The van der Waals surface area contributed by atoms with Gasteiger partial charge in [-0.05, 0) is 23.9 Å². The van der Waals surface area contributed by atoms with Gasteiger partial charge in [0.2, 0.25) is 5.91 Å². The standard InChI is InChI=1S/C15H23NOS/c1-3-5-6-7-8-9-11-16(15(17)4-2)14-10-12-18-13-14/h4,10,12-13H,2-3,5-9,11H2,1H3. The molecule has 1 aromatic rings. The van der Waals surface area contributed by atoms with Crippen molar-refractivity contribution >= 4 is 22.9 Å². The zero-order valence-electron chi connectivity index (χ0n) is 11.2. The number of amides is 1. The van der Waals surface area contributed by atoms with E-state index in [1.165, 1.54) is 38.2 Å². The van der Waals surface area contributed by atoms with Crippen molar-refractivity contribution in [1.82, 2.24) is 0 Å². The molecule has 1 rings (SSSR count). The Morgan fingerprint density at radius 1 is 1.33 bits per heavy atom. The average Bonchev–Trinajstić information content (AvgIpc) is 2.91. The summed E-state index contributed by atoms with van der Waals surface area (Å²) in [7, 11) is 0. The van der Waals surface area contributed by atoms with Gasteiger partial charge >= 0.3 is 0 Å². The fourth-order valence-electron chi connectivity index (χ4n) is 1.94. The van der Waals surface area contributed by atoms with Crippen molar-refractivity contribution in [3.8, 4) is 0 Å². The van der Waals surface area contributed by atoms with Crippen LogP contribution < -0.4 is 4.90 Å². The van der Waals surface area contributed by atoms with E-state index in [-0.39, 0.29) is 5.91 Å². The Labute approximate surface area is 114 Å². The molecule has 2 nitrogen and oxygen atoms in total. The quantitative estimate of drug-likeness (QED) is 0.471. The van der Waals surface area contributed by atoms with Gasteiger partial charge in [0.25, 0.3) is 0 Å². The van der Waals surface area contributed by atoms with Crippen LogP contribution in [0.2, 0.25) is 0 Å². The molecule has 0 aliphatic rings. The van der Waals surface area contributed by atoms with Gasteiger partial charge in [0.05, 0.1) is 5.69 Å². The molecule has 0 radical (unpaired) electrons. The van der Waals surface area contributed by atoms with Gasteiger partial charge < -0.3 is 4.90 Å². The number of hydrogen-bond acceptors (Lipinski definition) is 2. The molecule has 0 aliphatic carbocycles. The van der Waals surface area contributed by atoms with Crippen LogP contribution in [0.4, 0.5) is 5.69 Å². The van der Waals surface area contributed by atoms with E-state index < -0.39 is 0 Å². The second-order valence-corrected chi connectivity index (χ2v) is 5.22. The summed E-state index contributed by atoms with van der Waals surface area (Å²) in [6.45, 7) is 6.59. The summed E-state index contributed by atoms with van der Waals surface area (Å²) in [6, 6.07) is 1.99. The molecule has 0 atom stereocenters. The summed E-state index contributed by atoms with van der Waals surface area (Å²) < 4.78 is 0. The number of hydrogen-bond donors (Lipinski definition) is 0. The summed E-state index contributed by atoms with van der Waals surface area (Å²) in [5.74, 6) is 0.00181. The van der Waals surface area contributed by atoms with Crippen LogP contribution in [0.3, 0.4) is 0 Å². The Balaban J connectivity index is 2.34. The maximum Gasteiger partial charge on any atom is 0.250 e. The Kier molecular flexibility index (Phi) is 7.42. The number of carbonyl (C=O) groups excluding carboxylic acids is 1. The molecule has 0 fully saturated rings. The van der Waals surface area contributed by atoms with Crippen LogP contribution in [0.1, 0.15) is 45.4 Å². The predicted octanol–water partition coefficient (Wildman–Crippen LogP) is 4.63. The van der Waals surface area contributed by atoms with Gasteiger partial charge in [0, 0.05) is 11.9 Å². The van der Waals surface area contributed by atoms with E-state index in [1.54, 1.807) is 11.3 Å². The first kappa shape index (κ1) is 15.0. The SMILES string of the molecule is C=CC(=O)N(CCCCCCCC)c1ccsc1. The van der Waals surface area contributed by atoms with Crippen molar-refractivity contribution in [1.29, 1.82) is 0 Å². The summed E-state index contributed by atoms with van der Waals surface area (Å²) in [6.07, 6.45) is 8.84. The molecule has 0 saturated carbocycles. The Hall–Kier alpha value is -1.09. The highest BCUT2D eigenvalue weighted by Gasteiger charge is 2.12. The van der Waals surface area contributed by atoms with Crippen LogP contribution in [0.25, 0.3) is 0 Å². The summed E-state index contributed by atoms with van der Waals surface area (Å²) in [4.78, 5) is 13.6. The van der Waals surface area contributed by atoms with E-state index in [0.717, 1.165) is 18.7 Å². The van der Waals surface area contributed by atoms with Crippen molar-refractivity contribution in [2.75, 3.05) is 11.4 Å². The molecule has 0 aromatic carbocycles. The highest BCUT2D eigenvalue weighted by atomic mass is 32.1. The van der Waals surface area contributed by atoms with Crippen LogP contribution in [-0.2, 0) is 4.79 Å². The Morgan fingerprint density at radius 3 is 2.67 bits per heavy atom. The lowest BCUT2D eigenvalue weighted by Crippen LogP contribution is -2.29. The van der Waals surface area contributed by atoms with Gasteiger partial charge in [-0.1, -0.05) is 45.6 Å². The maximum atomic E-state index is 11.8. The molecule has 100 valence electrons. The first-order valence-corrected chi connectivity index (χ1v) is 7.70. The van der Waals surface area contributed by atoms with Crippen molar-refractivity contribution < 1.29 is 4.79 Å². The molecule has 1 aromatic heterocycles. The molecular weight excluding hydrogens is 242 g/mol. The number of nitrogens with zero attached hydrogens (tertiary/aromatic N) is 1. The minimum atomic E-state index is 0.00181. The third-order valence-corrected chi connectivity index (χ3v) is 3.66. The predicted molar refractivity (Wildman–Crippen MR) is 80.2 cm³/mol. The molecule has 1 amide bonds. The fraction of sp³-hybridized carbons (Fsp3) is 0.533. The summed E-state index contributed by atoms with van der Waals surface area (Å²) in [5, 5.41) is 4.01. The van der Waals surface area contributed by atoms with Crippen LogP contribution >= 0.6 is 11.3 Å². The largest absolute Gasteiger partial charge is 0.308 e. The number of rotatable bonds is 9. The first-order valence-electron chi connectivity index (χ1n) is 6.75. The molecule has 0 spiro atoms. The van der Waals surface area contributed by atoms with Crippen molar-refractivity contribution in [2.45, 2.75) is 45.4 Å². The number of anilines is 1. The average molecular weight is 265 g/mol. The van der Waals surface area contributed by atoms with Crippen LogP contribution in [0.5, 0.6) is 0 Å². The van der Waals surface area contributed by atoms with Gasteiger partial charge in [-0.15, -0.1) is 0 Å². The maximum absolute atomic E-state index is 11.8. The van der Waals surface area contributed by atoms with Crippen molar-refractivity contribution in [3.05, 3.63) is 29.5 Å². The summed E-state index contributed by atoms with van der Waals surface area (Å²) >= 11 is 1.62. The number of unbranched alkanes of at least 4 members (excludes halogenated alkanes) is 5. The molecule has 3 heteroatoms. The van der Waals surface area contributed by atoms with Gasteiger partial charge in [0.1, 0.15) is 0 Å². The van der Waals surface area contributed by atoms with E-state index in [9.17, 15) is 4.79 Å². The van der Waals surface area contributed by atoms with Crippen molar-refractivity contribution in [2.24, 2.45) is 0 Å². The summed E-state index contributed by atoms with van der Waals surface area (Å²) in [5.41, 5.74) is 0.999. The third-order valence-electron chi connectivity index (χ3n) is 2.99. The number of thiophene rings is 1. The van der Waals surface area contributed by atoms with Gasteiger partial charge in [0.15, 0.2) is 0 Å². The van der Waals surface area contributed by atoms with Gasteiger partial charge in [-0.25, -0.2) is 0 Å². The third kappa shape index (κ3) is 5.05. The second-order valence-electron chi connectivity index (χ2n) is 4.44. The van der Waals surface area contributed by atoms with Crippen LogP contribution in [0.15, 0.2) is 29.5 Å². The molecule has 18 heavy (non-hydrogen) atoms. The lowest BCUT2D eigenvalue weighted by molar-refractivity contribution is -0.114. The van der Waals surface area contributed by atoms with E-state index in [0.29, 0.717) is 0 Å². The van der Waals surface area contributed by atoms with E-state index >= 15 is 0 Å². The molecule has 1 heterocycles. The van der Waals surface area contributed by atoms with Crippen molar-refractivity contribution in [3.63, 3.8) is 0 Å². The molecule has 0 bridgehead atoms. The van der Waals surface area contributed by atoms with E-state index in [1.807, 2.05) is 21.7 Å². The zero-order chi connectivity index (χ0) is 13.2. The molecular formula is C15H23NOS. The fourth-order valence-corrected chi connectivity index (χ4v) is 2.58. The van der Waals surface area contributed by atoms with E-state index in [4.69, 9.17) is 0 Å². The number of carbonyl (C=O) groups is 1. The van der Waals surface area contributed by atoms with Crippen LogP contribution in [-0.4, -0.2) is 12.5 Å². The van der Waals surface area contributed by atoms with Crippen LogP contribution in [0, 0.1) is 0 Å². The lowest BCUT2D eigenvalue weighted by Gasteiger charge is -2.19. The van der Waals surface area contributed by atoms with Gasteiger partial charge in [-0.2, -0.15) is 11.3 Å². The first-order chi connectivity index (χ1) is 8.79. The minimum absolute atomic E-state index is 0.00181. The molecule has 0 aliphatic heterocycles. The molecule has 0 unspecified atom stereocenters. The van der Waals surface area contributed by atoms with E-state index in [2.05, 4.69) is 13.5 Å². The smallest absolute Gasteiger partial charge is 0.250 e. The highest BCUT2D eigenvalue weighted by molar-refractivity contribution is 7.08. The zero-order valence-corrected chi connectivity index (χ0v) is 12.0.